The molecule has 0 bridgehead atoms. The Morgan fingerprint density at radius 1 is 1.18 bits per heavy atom. The predicted molar refractivity (Wildman–Crippen MR) is 112 cm³/mol. The first-order valence-electron chi connectivity index (χ1n) is 9.88. The van der Waals surface area contributed by atoms with E-state index in [2.05, 4.69) is 22.5 Å². The summed E-state index contributed by atoms with van der Waals surface area (Å²) in [6, 6.07) is 9.48. The molecule has 7 nitrogen and oxygen atoms in total. The number of aryl methyl sites for hydroxylation is 1. The van der Waals surface area contributed by atoms with Gasteiger partial charge in [-0.2, -0.15) is 0 Å². The first-order valence-corrected chi connectivity index (χ1v) is 11.7. The minimum Gasteiger partial charge on any atom is -0.370 e. The smallest absolute Gasteiger partial charge is 0.270 e. The standard InChI is InChI=1S/C20H34N3O4P/c1-4-27-28(26,15-9-8-12-17-10-6-5-7-11-17)23-19(16(2)3)20(25)22-14-13-18(21)24/h5-7,10-11,16,19H,4,8-9,12-15H2,1-3H3,(H2,21,24)(H,22,25)(H,23,26)/t19-,28?/m0/s1. The molecule has 1 unspecified atom stereocenters. The molecule has 0 aromatic heterocycles. The molecular formula is C20H34N3O4P. The highest BCUT2D eigenvalue weighted by molar-refractivity contribution is 7.56. The van der Waals surface area contributed by atoms with Crippen LogP contribution in [0, 0.1) is 5.92 Å². The predicted octanol–water partition coefficient (Wildman–Crippen LogP) is 2.84. The van der Waals surface area contributed by atoms with Crippen molar-refractivity contribution >= 4 is 19.3 Å². The number of hydrogen-bond acceptors (Lipinski definition) is 4. The van der Waals surface area contributed by atoms with E-state index in [1.54, 1.807) is 6.92 Å². The van der Waals surface area contributed by atoms with Crippen molar-refractivity contribution in [3.63, 3.8) is 0 Å². The maximum absolute atomic E-state index is 13.2. The summed E-state index contributed by atoms with van der Waals surface area (Å²) in [6.07, 6.45) is 2.96. The van der Waals surface area contributed by atoms with Gasteiger partial charge in [-0.3, -0.25) is 14.2 Å². The first-order chi connectivity index (χ1) is 13.3. The topological polar surface area (TPSA) is 111 Å². The molecule has 2 amide bonds. The van der Waals surface area contributed by atoms with Gasteiger partial charge >= 0.3 is 0 Å². The van der Waals surface area contributed by atoms with E-state index in [4.69, 9.17) is 10.3 Å². The normalized spacial score (nSPS) is 14.4. The maximum atomic E-state index is 13.2. The van der Waals surface area contributed by atoms with Gasteiger partial charge in [0.25, 0.3) is 7.52 Å². The van der Waals surface area contributed by atoms with Gasteiger partial charge in [0.2, 0.25) is 11.8 Å². The molecule has 1 aromatic rings. The van der Waals surface area contributed by atoms with Gasteiger partial charge in [0.05, 0.1) is 12.6 Å². The van der Waals surface area contributed by atoms with Gasteiger partial charge in [-0.25, -0.2) is 5.09 Å². The molecule has 0 aliphatic rings. The van der Waals surface area contributed by atoms with Crippen LogP contribution < -0.4 is 16.1 Å². The Bertz CT molecular complexity index is 652. The number of unbranched alkanes of at least 4 members (excludes halogenated alkanes) is 1. The second kappa shape index (κ2) is 12.7. The van der Waals surface area contributed by atoms with Crippen LogP contribution in [0.5, 0.6) is 0 Å². The van der Waals surface area contributed by atoms with Crippen molar-refractivity contribution in [2.24, 2.45) is 11.7 Å². The molecule has 0 fully saturated rings. The van der Waals surface area contributed by atoms with Gasteiger partial charge in [-0.05, 0) is 37.7 Å². The van der Waals surface area contributed by atoms with Crippen molar-refractivity contribution in [1.29, 1.82) is 0 Å². The largest absolute Gasteiger partial charge is 0.370 e. The summed E-state index contributed by atoms with van der Waals surface area (Å²) in [5, 5.41) is 5.64. The Morgan fingerprint density at radius 2 is 1.86 bits per heavy atom. The second-order valence-electron chi connectivity index (χ2n) is 7.12. The summed E-state index contributed by atoms with van der Waals surface area (Å²) >= 11 is 0. The second-order valence-corrected chi connectivity index (χ2v) is 9.43. The SMILES string of the molecule is CCOP(=O)(CCCCc1ccccc1)N[C@H](C(=O)NCCC(N)=O)C(C)C. The molecule has 0 aliphatic carbocycles. The number of hydrogen-bond donors (Lipinski definition) is 3. The summed E-state index contributed by atoms with van der Waals surface area (Å²) in [6.45, 7) is 6.00. The fourth-order valence-electron chi connectivity index (χ4n) is 2.81. The average Bonchev–Trinajstić information content (AvgIpc) is 2.64. The highest BCUT2D eigenvalue weighted by Gasteiger charge is 2.31. The molecule has 1 rings (SSSR count). The van der Waals surface area contributed by atoms with Crippen molar-refractivity contribution in [3.8, 4) is 0 Å². The van der Waals surface area contributed by atoms with E-state index in [0.717, 1.165) is 19.3 Å². The quantitative estimate of drug-likeness (QED) is 0.322. The molecule has 8 heteroatoms. The molecular weight excluding hydrogens is 377 g/mol. The highest BCUT2D eigenvalue weighted by Crippen LogP contribution is 2.44. The van der Waals surface area contributed by atoms with E-state index in [1.807, 2.05) is 32.0 Å². The number of rotatable bonds is 14. The fraction of sp³-hybridized carbons (Fsp3) is 0.600. The average molecular weight is 411 g/mol. The molecule has 158 valence electrons. The number of carbonyl (C=O) groups is 2. The molecule has 28 heavy (non-hydrogen) atoms. The number of carbonyl (C=O) groups excluding carboxylic acids is 2. The first kappa shape index (κ1) is 24.3. The third kappa shape index (κ3) is 9.49. The Balaban J connectivity index is 2.62. The van der Waals surface area contributed by atoms with E-state index in [0.29, 0.717) is 12.8 Å². The van der Waals surface area contributed by atoms with Crippen molar-refractivity contribution in [1.82, 2.24) is 10.4 Å². The fourth-order valence-corrected chi connectivity index (χ4v) is 5.04. The van der Waals surface area contributed by atoms with Crippen LogP contribution in [0.15, 0.2) is 30.3 Å². The summed E-state index contributed by atoms with van der Waals surface area (Å²) in [5.41, 5.74) is 6.34. The van der Waals surface area contributed by atoms with E-state index >= 15 is 0 Å². The van der Waals surface area contributed by atoms with Crippen LogP contribution in [0.3, 0.4) is 0 Å². The zero-order valence-electron chi connectivity index (χ0n) is 17.1. The van der Waals surface area contributed by atoms with Gasteiger partial charge in [-0.1, -0.05) is 44.2 Å². The van der Waals surface area contributed by atoms with Crippen molar-refractivity contribution in [2.75, 3.05) is 19.3 Å². The molecule has 0 saturated carbocycles. The zero-order chi connectivity index (χ0) is 21.0. The van der Waals surface area contributed by atoms with E-state index < -0.39 is 19.5 Å². The number of benzene rings is 1. The molecule has 0 spiro atoms. The lowest BCUT2D eigenvalue weighted by atomic mass is 10.1. The summed E-state index contributed by atoms with van der Waals surface area (Å²) in [4.78, 5) is 23.3. The van der Waals surface area contributed by atoms with Crippen LogP contribution >= 0.6 is 7.52 Å². The van der Waals surface area contributed by atoms with Crippen LogP contribution in [-0.2, 0) is 25.1 Å². The van der Waals surface area contributed by atoms with Gasteiger partial charge in [-0.15, -0.1) is 0 Å². The third-order valence-corrected chi connectivity index (χ3v) is 6.56. The van der Waals surface area contributed by atoms with Crippen LogP contribution in [-0.4, -0.2) is 37.2 Å². The lowest BCUT2D eigenvalue weighted by molar-refractivity contribution is -0.124. The van der Waals surface area contributed by atoms with Gasteiger partial charge in [0.1, 0.15) is 0 Å². The van der Waals surface area contributed by atoms with Crippen LogP contribution in [0.25, 0.3) is 0 Å². The summed E-state index contributed by atoms with van der Waals surface area (Å²) < 4.78 is 18.8. The van der Waals surface area contributed by atoms with Crippen molar-refractivity contribution < 1.29 is 18.7 Å². The number of amides is 2. The Kier molecular flexibility index (Phi) is 11.0. The lowest BCUT2D eigenvalue weighted by Crippen LogP contribution is -2.47. The summed E-state index contributed by atoms with van der Waals surface area (Å²) in [5.74, 6) is -0.875. The van der Waals surface area contributed by atoms with Gasteiger partial charge in [0, 0.05) is 19.1 Å². The molecule has 4 N–H and O–H groups in total. The minimum absolute atomic E-state index is 0.0686. The van der Waals surface area contributed by atoms with Gasteiger partial charge < -0.3 is 15.6 Å². The van der Waals surface area contributed by atoms with Crippen molar-refractivity contribution in [2.45, 2.75) is 52.5 Å². The Hall–Kier alpha value is -1.69. The minimum atomic E-state index is -3.16. The number of primary amides is 1. The molecule has 0 heterocycles. The monoisotopic (exact) mass is 411 g/mol. The number of nitrogens with one attached hydrogen (secondary N) is 2. The van der Waals surface area contributed by atoms with Gasteiger partial charge in [0.15, 0.2) is 0 Å². The molecule has 1 aromatic carbocycles. The van der Waals surface area contributed by atoms with E-state index in [9.17, 15) is 14.2 Å². The van der Waals surface area contributed by atoms with Crippen LogP contribution in [0.1, 0.15) is 45.6 Å². The molecule has 0 radical (unpaired) electrons. The molecule has 2 atom stereocenters. The van der Waals surface area contributed by atoms with E-state index in [-0.39, 0.29) is 24.8 Å². The van der Waals surface area contributed by atoms with Crippen LogP contribution in [0.4, 0.5) is 0 Å². The molecule has 0 aliphatic heterocycles. The lowest BCUT2D eigenvalue weighted by Gasteiger charge is -2.27. The van der Waals surface area contributed by atoms with E-state index in [1.165, 1.54) is 5.56 Å². The number of nitrogens with two attached hydrogens (primary N) is 1. The zero-order valence-corrected chi connectivity index (χ0v) is 18.0. The Morgan fingerprint density at radius 3 is 2.43 bits per heavy atom. The highest BCUT2D eigenvalue weighted by atomic mass is 31.2. The van der Waals surface area contributed by atoms with Crippen molar-refractivity contribution in [3.05, 3.63) is 35.9 Å². The third-order valence-electron chi connectivity index (χ3n) is 4.30. The Labute approximate surface area is 168 Å². The molecule has 0 saturated heterocycles. The van der Waals surface area contributed by atoms with Crippen LogP contribution in [0.2, 0.25) is 0 Å². The maximum Gasteiger partial charge on any atom is 0.270 e. The summed E-state index contributed by atoms with van der Waals surface area (Å²) in [7, 11) is -3.16.